The summed E-state index contributed by atoms with van der Waals surface area (Å²) in [5.41, 5.74) is 3.99. The van der Waals surface area contributed by atoms with Crippen molar-refractivity contribution in [3.8, 4) is 22.3 Å². The highest BCUT2D eigenvalue weighted by Crippen LogP contribution is 2.34. The minimum absolute atomic E-state index is 0.165. The zero-order valence-corrected chi connectivity index (χ0v) is 20.5. The van der Waals surface area contributed by atoms with Crippen LogP contribution in [0.3, 0.4) is 0 Å². The van der Waals surface area contributed by atoms with Crippen LogP contribution in [0.2, 0.25) is 0 Å². The Morgan fingerprint density at radius 3 is 2.67 bits per heavy atom. The van der Waals surface area contributed by atoms with E-state index in [-0.39, 0.29) is 11.3 Å². The van der Waals surface area contributed by atoms with Crippen LogP contribution in [0.4, 0.5) is 23.2 Å². The summed E-state index contributed by atoms with van der Waals surface area (Å²) in [5.74, 6) is -2.46. The molecular weight excluding hydrogens is 514 g/mol. The number of hydrogen-bond donors (Lipinski definition) is 3. The topological polar surface area (TPSA) is 90.4 Å². The van der Waals surface area contributed by atoms with Gasteiger partial charge in [-0.15, -0.1) is 0 Å². The molecule has 5 heterocycles. The Morgan fingerprint density at radius 2 is 1.87 bits per heavy atom. The van der Waals surface area contributed by atoms with Crippen molar-refractivity contribution in [3.63, 3.8) is 0 Å². The lowest BCUT2D eigenvalue weighted by Gasteiger charge is -2.30. The Kier molecular flexibility index (Phi) is 6.39. The van der Waals surface area contributed by atoms with Gasteiger partial charge in [-0.2, -0.15) is 5.10 Å². The first kappa shape index (κ1) is 24.9. The molecule has 0 spiro atoms. The second kappa shape index (κ2) is 10.0. The molecule has 1 fully saturated rings. The van der Waals surface area contributed by atoms with Gasteiger partial charge in [0, 0.05) is 61.3 Å². The van der Waals surface area contributed by atoms with Gasteiger partial charge in [-0.25, -0.2) is 27.1 Å². The van der Waals surface area contributed by atoms with E-state index in [1.165, 1.54) is 16.8 Å². The van der Waals surface area contributed by atoms with Crippen LogP contribution in [0, 0.1) is 11.6 Å². The number of piperazine rings is 1. The molecule has 5 aromatic rings. The number of pyridine rings is 2. The minimum Gasteiger partial charge on any atom is -0.367 e. The SMILES string of the molecule is O=C(NCC(F)F)c1cnn2ccc(-c3c[nH]c4ncc(-c5cc(F)c(F)c(N6CCNCC6)c5)cc34)cc12. The largest absolute Gasteiger partial charge is 0.367 e. The van der Waals surface area contributed by atoms with Gasteiger partial charge >= 0.3 is 0 Å². The molecule has 1 aliphatic rings. The number of carbonyl (C=O) groups excluding carboxylic acids is 1. The van der Waals surface area contributed by atoms with E-state index >= 15 is 0 Å². The molecule has 0 bridgehead atoms. The van der Waals surface area contributed by atoms with Crippen molar-refractivity contribution in [2.24, 2.45) is 0 Å². The molecule has 3 N–H and O–H groups in total. The van der Waals surface area contributed by atoms with E-state index in [1.807, 2.05) is 11.0 Å². The molecule has 0 unspecified atom stereocenters. The Balaban J connectivity index is 1.39. The molecule has 1 aromatic carbocycles. The van der Waals surface area contributed by atoms with E-state index in [2.05, 4.69) is 25.7 Å². The number of H-pyrrole nitrogens is 1. The van der Waals surface area contributed by atoms with E-state index in [4.69, 9.17) is 0 Å². The van der Waals surface area contributed by atoms with Crippen LogP contribution < -0.4 is 15.5 Å². The number of rotatable bonds is 6. The van der Waals surface area contributed by atoms with Gasteiger partial charge in [0.2, 0.25) is 0 Å². The molecule has 0 aliphatic carbocycles. The Morgan fingerprint density at radius 1 is 1.05 bits per heavy atom. The number of fused-ring (bicyclic) bond motifs is 2. The number of nitrogens with one attached hydrogen (secondary N) is 3. The average Bonchev–Trinajstić information content (AvgIpc) is 3.57. The first-order valence-corrected chi connectivity index (χ1v) is 12.4. The normalized spacial score (nSPS) is 14.0. The highest BCUT2D eigenvalue weighted by Gasteiger charge is 2.20. The number of aromatic amines is 1. The maximum Gasteiger partial charge on any atom is 0.255 e. The van der Waals surface area contributed by atoms with E-state index in [1.54, 1.807) is 36.8 Å². The third-order valence-corrected chi connectivity index (χ3v) is 6.83. The monoisotopic (exact) mass is 537 g/mol. The standard InChI is InChI=1S/C27H23F4N7O/c28-21-8-16(10-23(25(21)31)37-5-2-32-3-6-37)17-7-18-19(12-34-26(18)33-11-17)15-1-4-38-22(9-15)20(13-36-38)27(39)35-14-24(29)30/h1,4,7-13,24,32H,2-3,5-6,14H2,(H,33,34)(H,35,39). The molecule has 1 amide bonds. The van der Waals surface area contributed by atoms with Crippen LogP contribution in [0.15, 0.2) is 55.1 Å². The number of hydrogen-bond acceptors (Lipinski definition) is 5. The quantitative estimate of drug-likeness (QED) is 0.282. The molecule has 200 valence electrons. The molecule has 1 saturated heterocycles. The highest BCUT2D eigenvalue weighted by atomic mass is 19.3. The molecule has 0 saturated carbocycles. The van der Waals surface area contributed by atoms with E-state index in [0.717, 1.165) is 16.5 Å². The summed E-state index contributed by atoms with van der Waals surface area (Å²) in [6.07, 6.45) is 3.69. The molecule has 8 nitrogen and oxygen atoms in total. The van der Waals surface area contributed by atoms with Crippen molar-refractivity contribution < 1.29 is 22.4 Å². The predicted octanol–water partition coefficient (Wildman–Crippen LogP) is 4.23. The average molecular weight is 538 g/mol. The van der Waals surface area contributed by atoms with Gasteiger partial charge in [-0.3, -0.25) is 4.79 Å². The minimum atomic E-state index is -2.67. The maximum atomic E-state index is 14.7. The number of nitrogens with zero attached hydrogens (tertiary/aromatic N) is 4. The number of carbonyl (C=O) groups is 1. The molecule has 0 atom stereocenters. The van der Waals surface area contributed by atoms with Gasteiger partial charge in [-0.05, 0) is 41.5 Å². The van der Waals surface area contributed by atoms with Gasteiger partial charge in [-0.1, -0.05) is 0 Å². The number of benzene rings is 1. The zero-order valence-electron chi connectivity index (χ0n) is 20.5. The van der Waals surface area contributed by atoms with Crippen molar-refractivity contribution >= 4 is 28.1 Å². The fraction of sp³-hybridized carbons (Fsp3) is 0.222. The lowest BCUT2D eigenvalue weighted by molar-refractivity contribution is 0.0893. The summed E-state index contributed by atoms with van der Waals surface area (Å²) in [4.78, 5) is 21.9. The number of anilines is 1. The van der Waals surface area contributed by atoms with Gasteiger partial charge in [0.25, 0.3) is 12.3 Å². The second-order valence-corrected chi connectivity index (χ2v) is 9.26. The van der Waals surface area contributed by atoms with E-state index in [9.17, 15) is 22.4 Å². The fourth-order valence-corrected chi connectivity index (χ4v) is 4.87. The Bertz CT molecular complexity index is 1690. The van der Waals surface area contributed by atoms with Crippen LogP contribution >= 0.6 is 0 Å². The van der Waals surface area contributed by atoms with Crippen LogP contribution in [0.25, 0.3) is 38.8 Å². The van der Waals surface area contributed by atoms with Crippen molar-refractivity contribution in [2.45, 2.75) is 6.43 Å². The lowest BCUT2D eigenvalue weighted by atomic mass is 10.0. The first-order chi connectivity index (χ1) is 18.9. The van der Waals surface area contributed by atoms with Crippen LogP contribution in [0.5, 0.6) is 0 Å². The summed E-state index contributed by atoms with van der Waals surface area (Å²) < 4.78 is 56.0. The van der Waals surface area contributed by atoms with Gasteiger partial charge < -0.3 is 20.5 Å². The number of aromatic nitrogens is 4. The van der Waals surface area contributed by atoms with Crippen LogP contribution in [0.1, 0.15) is 10.4 Å². The van der Waals surface area contributed by atoms with Crippen LogP contribution in [-0.4, -0.2) is 64.6 Å². The Labute approximate surface area is 219 Å². The third kappa shape index (κ3) is 4.67. The number of amides is 1. The molecular formula is C27H23F4N7O. The molecule has 4 aromatic heterocycles. The Hall–Kier alpha value is -4.45. The number of alkyl halides is 2. The lowest BCUT2D eigenvalue weighted by Crippen LogP contribution is -2.44. The summed E-state index contributed by atoms with van der Waals surface area (Å²) in [7, 11) is 0. The summed E-state index contributed by atoms with van der Waals surface area (Å²) in [6.45, 7) is 1.74. The second-order valence-electron chi connectivity index (χ2n) is 9.26. The maximum absolute atomic E-state index is 14.7. The molecule has 12 heteroatoms. The highest BCUT2D eigenvalue weighted by molar-refractivity contribution is 6.02. The van der Waals surface area contributed by atoms with Gasteiger partial charge in [0.1, 0.15) is 5.65 Å². The van der Waals surface area contributed by atoms with Gasteiger partial charge in [0.15, 0.2) is 11.6 Å². The summed E-state index contributed by atoms with van der Waals surface area (Å²) in [5, 5.41) is 10.3. The smallest absolute Gasteiger partial charge is 0.255 e. The molecule has 1 aliphatic heterocycles. The molecule has 6 rings (SSSR count). The zero-order chi connectivity index (χ0) is 27.1. The number of halogens is 4. The molecule has 39 heavy (non-hydrogen) atoms. The van der Waals surface area contributed by atoms with Crippen LogP contribution in [-0.2, 0) is 0 Å². The third-order valence-electron chi connectivity index (χ3n) is 6.83. The van der Waals surface area contributed by atoms with Crippen molar-refractivity contribution in [1.29, 1.82) is 0 Å². The van der Waals surface area contributed by atoms with E-state index < -0.39 is 30.5 Å². The van der Waals surface area contributed by atoms with Crippen molar-refractivity contribution in [1.82, 2.24) is 30.2 Å². The summed E-state index contributed by atoms with van der Waals surface area (Å²) in [6, 6.07) is 8.19. The van der Waals surface area contributed by atoms with Gasteiger partial charge in [0.05, 0.1) is 29.5 Å². The fourth-order valence-electron chi connectivity index (χ4n) is 4.87. The molecule has 0 radical (unpaired) electrons. The predicted molar refractivity (Wildman–Crippen MR) is 139 cm³/mol. The van der Waals surface area contributed by atoms with E-state index in [0.29, 0.717) is 48.5 Å². The van der Waals surface area contributed by atoms with Crippen molar-refractivity contribution in [3.05, 3.63) is 72.3 Å². The van der Waals surface area contributed by atoms with Crippen molar-refractivity contribution in [2.75, 3.05) is 37.6 Å². The summed E-state index contributed by atoms with van der Waals surface area (Å²) >= 11 is 0. The first-order valence-electron chi connectivity index (χ1n) is 12.4.